The summed E-state index contributed by atoms with van der Waals surface area (Å²) in [5, 5.41) is 6.91. The van der Waals surface area contributed by atoms with Crippen molar-refractivity contribution in [2.24, 2.45) is 0 Å². The lowest BCUT2D eigenvalue weighted by atomic mass is 10.1. The number of hydrogen-bond donors (Lipinski definition) is 2. The topological polar surface area (TPSA) is 154 Å². The summed E-state index contributed by atoms with van der Waals surface area (Å²) >= 11 is 0. The van der Waals surface area contributed by atoms with Crippen LogP contribution in [-0.2, 0) is 21.4 Å². The Morgan fingerprint density at radius 1 is 0.972 bits per heavy atom. The molecule has 0 atom stereocenters. The summed E-state index contributed by atoms with van der Waals surface area (Å²) in [6.07, 6.45) is 2.82. The summed E-state index contributed by atoms with van der Waals surface area (Å²) in [5.41, 5.74) is 1.06. The van der Waals surface area contributed by atoms with E-state index in [1.165, 1.54) is 42.7 Å². The van der Waals surface area contributed by atoms with Crippen LogP contribution in [0.3, 0.4) is 0 Å². The zero-order valence-electron chi connectivity index (χ0n) is 18.5. The van der Waals surface area contributed by atoms with Crippen LogP contribution in [0, 0.1) is 0 Å². The van der Waals surface area contributed by atoms with Gasteiger partial charge >= 0.3 is 0 Å². The standard InChI is InChI=1S/C23H18N6O6S/c30-21(26-16-3-5-17(6-4-16)36(32,33)28-23-24-10-1-11-25-23)13-29-22(31)9-7-18(27-29)15-2-8-19-20(12-15)35-14-34-19/h1-12H,13-14H2,(H,26,30)(H,24,25,28). The van der Waals surface area contributed by atoms with E-state index in [1.54, 1.807) is 30.3 Å². The molecule has 36 heavy (non-hydrogen) atoms. The third kappa shape index (κ3) is 5.00. The van der Waals surface area contributed by atoms with Crippen molar-refractivity contribution in [3.8, 4) is 22.8 Å². The van der Waals surface area contributed by atoms with Gasteiger partial charge in [-0.25, -0.2) is 27.8 Å². The molecule has 13 heteroatoms. The average Bonchev–Trinajstić information content (AvgIpc) is 3.34. The molecule has 1 aliphatic rings. The van der Waals surface area contributed by atoms with Crippen LogP contribution in [0.2, 0.25) is 0 Å². The second kappa shape index (κ2) is 9.46. The number of fused-ring (bicyclic) bond motifs is 1. The number of benzene rings is 2. The van der Waals surface area contributed by atoms with Crippen LogP contribution >= 0.6 is 0 Å². The fourth-order valence-corrected chi connectivity index (χ4v) is 4.31. The van der Waals surface area contributed by atoms with Gasteiger partial charge in [-0.2, -0.15) is 5.10 Å². The molecule has 0 aliphatic carbocycles. The van der Waals surface area contributed by atoms with Crippen molar-refractivity contribution >= 4 is 27.6 Å². The second-order valence-corrected chi connectivity index (χ2v) is 9.22. The first-order chi connectivity index (χ1) is 17.4. The number of ether oxygens (including phenoxy) is 2. The van der Waals surface area contributed by atoms with Gasteiger partial charge in [-0.3, -0.25) is 9.59 Å². The van der Waals surface area contributed by atoms with Crippen molar-refractivity contribution in [2.45, 2.75) is 11.4 Å². The van der Waals surface area contributed by atoms with Gasteiger partial charge in [0.25, 0.3) is 15.6 Å². The van der Waals surface area contributed by atoms with Gasteiger partial charge in [0.2, 0.25) is 18.6 Å². The molecule has 5 rings (SSSR count). The number of amides is 1. The molecule has 0 spiro atoms. The lowest BCUT2D eigenvalue weighted by Crippen LogP contribution is -2.29. The third-order valence-electron chi connectivity index (χ3n) is 5.07. The Morgan fingerprint density at radius 2 is 1.72 bits per heavy atom. The first-order valence-electron chi connectivity index (χ1n) is 10.6. The summed E-state index contributed by atoms with van der Waals surface area (Å²) in [5.74, 6) is 0.617. The normalized spacial score (nSPS) is 12.2. The lowest BCUT2D eigenvalue weighted by molar-refractivity contribution is -0.117. The number of sulfonamides is 1. The number of aromatic nitrogens is 4. The van der Waals surface area contributed by atoms with Crippen LogP contribution in [0.25, 0.3) is 11.3 Å². The van der Waals surface area contributed by atoms with E-state index in [2.05, 4.69) is 25.1 Å². The molecule has 4 aromatic rings. The fourth-order valence-electron chi connectivity index (χ4n) is 3.36. The van der Waals surface area contributed by atoms with Gasteiger partial charge in [0, 0.05) is 29.7 Å². The van der Waals surface area contributed by atoms with Crippen LogP contribution in [0.5, 0.6) is 11.5 Å². The number of nitrogens with one attached hydrogen (secondary N) is 2. The van der Waals surface area contributed by atoms with Crippen molar-refractivity contribution in [1.29, 1.82) is 0 Å². The van der Waals surface area contributed by atoms with E-state index in [0.29, 0.717) is 28.4 Å². The predicted octanol–water partition coefficient (Wildman–Crippen LogP) is 1.87. The number of carbonyl (C=O) groups excluding carboxylic acids is 1. The van der Waals surface area contributed by atoms with E-state index in [9.17, 15) is 18.0 Å². The highest BCUT2D eigenvalue weighted by Crippen LogP contribution is 2.35. The maximum absolute atomic E-state index is 12.6. The molecule has 0 fully saturated rings. The molecule has 1 amide bonds. The van der Waals surface area contributed by atoms with Crippen molar-refractivity contribution in [2.75, 3.05) is 16.8 Å². The minimum Gasteiger partial charge on any atom is -0.454 e. The molecule has 2 N–H and O–H groups in total. The first-order valence-corrected chi connectivity index (χ1v) is 12.0. The molecular weight excluding hydrogens is 488 g/mol. The average molecular weight is 507 g/mol. The molecule has 0 saturated carbocycles. The Morgan fingerprint density at radius 3 is 2.50 bits per heavy atom. The van der Waals surface area contributed by atoms with Crippen molar-refractivity contribution < 1.29 is 22.7 Å². The number of rotatable bonds is 7. The van der Waals surface area contributed by atoms with Gasteiger partial charge in [0.05, 0.1) is 10.6 Å². The molecule has 2 aromatic heterocycles. The first kappa shape index (κ1) is 23.0. The summed E-state index contributed by atoms with van der Waals surface area (Å²) in [4.78, 5) is 32.5. The smallest absolute Gasteiger partial charge is 0.267 e. The van der Waals surface area contributed by atoms with Crippen molar-refractivity contribution in [3.05, 3.63) is 83.4 Å². The highest BCUT2D eigenvalue weighted by atomic mass is 32.2. The Balaban J connectivity index is 1.27. The molecule has 0 unspecified atom stereocenters. The van der Waals surface area contributed by atoms with E-state index >= 15 is 0 Å². The number of nitrogens with zero attached hydrogens (tertiary/aromatic N) is 4. The predicted molar refractivity (Wildman–Crippen MR) is 128 cm³/mol. The zero-order chi connectivity index (χ0) is 25.1. The molecule has 2 aromatic carbocycles. The Kier molecular flexibility index (Phi) is 6.04. The number of carbonyl (C=O) groups is 1. The minimum atomic E-state index is -3.91. The van der Waals surface area contributed by atoms with Crippen LogP contribution < -0.4 is 25.1 Å². The van der Waals surface area contributed by atoms with Gasteiger partial charge in [-0.15, -0.1) is 0 Å². The summed E-state index contributed by atoms with van der Waals surface area (Å²) in [7, 11) is -3.91. The molecule has 0 radical (unpaired) electrons. The van der Waals surface area contributed by atoms with Crippen molar-refractivity contribution in [1.82, 2.24) is 19.7 Å². The van der Waals surface area contributed by atoms with Gasteiger partial charge in [-0.05, 0) is 54.6 Å². The van der Waals surface area contributed by atoms with Crippen molar-refractivity contribution in [3.63, 3.8) is 0 Å². The van der Waals surface area contributed by atoms with Gasteiger partial charge in [0.15, 0.2) is 11.5 Å². The highest BCUT2D eigenvalue weighted by molar-refractivity contribution is 7.92. The number of hydrogen-bond acceptors (Lipinski definition) is 9. The fraction of sp³-hybridized carbons (Fsp3) is 0.0870. The van der Waals surface area contributed by atoms with Gasteiger partial charge in [0.1, 0.15) is 6.54 Å². The Labute approximate surface area is 204 Å². The number of anilines is 2. The van der Waals surface area contributed by atoms with Crippen LogP contribution in [0.1, 0.15) is 0 Å². The van der Waals surface area contributed by atoms with Crippen LogP contribution in [0.15, 0.2) is 82.7 Å². The van der Waals surface area contributed by atoms with Gasteiger partial charge in [-0.1, -0.05) is 0 Å². The molecule has 182 valence electrons. The SMILES string of the molecule is O=C(Cn1nc(-c2ccc3c(c2)OCO3)ccc1=O)Nc1ccc(S(=O)(=O)Nc2ncccn2)cc1. The largest absolute Gasteiger partial charge is 0.454 e. The van der Waals surface area contributed by atoms with E-state index in [4.69, 9.17) is 9.47 Å². The Hall–Kier alpha value is -4.78. The van der Waals surface area contributed by atoms with E-state index in [-0.39, 0.29) is 24.2 Å². The molecule has 12 nitrogen and oxygen atoms in total. The minimum absolute atomic E-state index is 0.0396. The zero-order valence-corrected chi connectivity index (χ0v) is 19.3. The molecule has 0 saturated heterocycles. The maximum atomic E-state index is 12.6. The maximum Gasteiger partial charge on any atom is 0.267 e. The molecular formula is C23H18N6O6S. The molecule has 1 aliphatic heterocycles. The second-order valence-electron chi connectivity index (χ2n) is 7.53. The van der Waals surface area contributed by atoms with Crippen LogP contribution in [0.4, 0.5) is 11.6 Å². The monoisotopic (exact) mass is 506 g/mol. The summed E-state index contributed by atoms with van der Waals surface area (Å²) in [6.45, 7) is -0.207. The van der Waals surface area contributed by atoms with Crippen LogP contribution in [-0.4, -0.2) is 40.9 Å². The summed E-state index contributed by atoms with van der Waals surface area (Å²) < 4.78 is 39.0. The Bertz CT molecular complexity index is 1590. The van der Waals surface area contributed by atoms with E-state index in [0.717, 1.165) is 4.68 Å². The lowest BCUT2D eigenvalue weighted by Gasteiger charge is -2.10. The molecule has 0 bridgehead atoms. The quantitative estimate of drug-likeness (QED) is 0.382. The van der Waals surface area contributed by atoms with E-state index < -0.39 is 21.5 Å². The summed E-state index contributed by atoms with van der Waals surface area (Å²) in [6, 6.07) is 15.2. The van der Waals surface area contributed by atoms with E-state index in [1.807, 2.05) is 0 Å². The van der Waals surface area contributed by atoms with Gasteiger partial charge < -0.3 is 14.8 Å². The molecule has 3 heterocycles. The third-order valence-corrected chi connectivity index (χ3v) is 6.41. The highest BCUT2D eigenvalue weighted by Gasteiger charge is 2.17.